The third-order valence-electron chi connectivity index (χ3n) is 5.36. The summed E-state index contributed by atoms with van der Waals surface area (Å²) in [4.78, 5) is 11.1. The highest BCUT2D eigenvalue weighted by Gasteiger charge is 2.19. The van der Waals surface area contributed by atoms with Gasteiger partial charge in [0.05, 0.1) is 12.0 Å². The molecule has 0 fully saturated rings. The molecule has 0 bridgehead atoms. The number of benzene rings is 2. The summed E-state index contributed by atoms with van der Waals surface area (Å²) in [6, 6.07) is 12.4. The molecule has 2 aromatic carbocycles. The van der Waals surface area contributed by atoms with E-state index in [0.29, 0.717) is 13.2 Å². The molecule has 4 heteroatoms. The molecule has 4 rings (SSSR count). The van der Waals surface area contributed by atoms with E-state index >= 15 is 0 Å². The van der Waals surface area contributed by atoms with Crippen LogP contribution in [0.3, 0.4) is 0 Å². The zero-order valence-corrected chi connectivity index (χ0v) is 16.6. The summed E-state index contributed by atoms with van der Waals surface area (Å²) in [6.45, 7) is 3.29. The van der Waals surface area contributed by atoms with Crippen molar-refractivity contribution in [2.24, 2.45) is 5.92 Å². The molecule has 0 radical (unpaired) electrons. The molecule has 0 saturated carbocycles. The quantitative estimate of drug-likeness (QED) is 0.692. The molecule has 0 spiro atoms. The van der Waals surface area contributed by atoms with Gasteiger partial charge in [0.1, 0.15) is 19.5 Å². The largest absolute Gasteiger partial charge is 0.486 e. The minimum Gasteiger partial charge on any atom is -0.486 e. The molecule has 2 unspecified atom stereocenters. The van der Waals surface area contributed by atoms with Gasteiger partial charge in [0.2, 0.25) is 0 Å². The molecule has 0 aromatic heterocycles. The lowest BCUT2D eigenvalue weighted by atomic mass is 9.93. The number of carbonyl (C=O) groups excluding carboxylic acids is 1. The Labute approximate surface area is 171 Å². The van der Waals surface area contributed by atoms with Gasteiger partial charge < -0.3 is 19.0 Å². The molecule has 1 aliphatic carbocycles. The number of hydrogen-bond acceptors (Lipinski definition) is 4. The molecule has 1 heterocycles. The lowest BCUT2D eigenvalue weighted by Crippen LogP contribution is -2.22. The van der Waals surface area contributed by atoms with E-state index in [-0.39, 0.29) is 12.0 Å². The Morgan fingerprint density at radius 2 is 1.90 bits per heavy atom. The van der Waals surface area contributed by atoms with Gasteiger partial charge in [-0.05, 0) is 53.0 Å². The van der Waals surface area contributed by atoms with Crippen LogP contribution in [0.25, 0.3) is 17.2 Å². The Hall–Kier alpha value is -3.11. The fraction of sp³-hybridized carbons (Fsp3) is 0.240. The van der Waals surface area contributed by atoms with E-state index in [4.69, 9.17) is 14.2 Å². The van der Waals surface area contributed by atoms with E-state index in [2.05, 4.69) is 43.3 Å². The molecular formula is C25H24O4. The minimum absolute atomic E-state index is 0.220. The lowest BCUT2D eigenvalue weighted by molar-refractivity contribution is -0.112. The van der Waals surface area contributed by atoms with Crippen molar-refractivity contribution in [1.29, 1.82) is 0 Å². The number of allylic oxidation sites excluding steroid dienone is 3. The molecule has 0 N–H and O–H groups in total. The lowest BCUT2D eigenvalue weighted by Gasteiger charge is -2.20. The maximum absolute atomic E-state index is 11.1. The fourth-order valence-corrected chi connectivity index (χ4v) is 3.69. The Morgan fingerprint density at radius 1 is 1.07 bits per heavy atom. The Morgan fingerprint density at radius 3 is 2.69 bits per heavy atom. The molecule has 2 aliphatic rings. The van der Waals surface area contributed by atoms with Crippen molar-refractivity contribution >= 4 is 12.4 Å². The van der Waals surface area contributed by atoms with E-state index in [1.165, 1.54) is 5.56 Å². The first-order chi connectivity index (χ1) is 14.2. The van der Waals surface area contributed by atoms with Crippen LogP contribution in [0.15, 0.2) is 66.3 Å². The zero-order chi connectivity index (χ0) is 20.2. The van der Waals surface area contributed by atoms with Crippen molar-refractivity contribution in [3.05, 3.63) is 77.4 Å². The van der Waals surface area contributed by atoms with Gasteiger partial charge in [-0.25, -0.2) is 0 Å². The molecule has 4 nitrogen and oxygen atoms in total. The van der Waals surface area contributed by atoms with Crippen molar-refractivity contribution in [3.8, 4) is 22.6 Å². The van der Waals surface area contributed by atoms with Gasteiger partial charge >= 0.3 is 0 Å². The zero-order valence-electron chi connectivity index (χ0n) is 16.6. The molecule has 29 heavy (non-hydrogen) atoms. The second-order valence-corrected chi connectivity index (χ2v) is 7.15. The molecule has 148 valence electrons. The molecular weight excluding hydrogens is 364 g/mol. The maximum Gasteiger partial charge on any atom is 0.161 e. The second-order valence-electron chi connectivity index (χ2n) is 7.15. The van der Waals surface area contributed by atoms with Gasteiger partial charge in [0.15, 0.2) is 11.5 Å². The van der Waals surface area contributed by atoms with Crippen LogP contribution in [0.5, 0.6) is 11.5 Å². The van der Waals surface area contributed by atoms with Gasteiger partial charge in [0.25, 0.3) is 0 Å². The molecule has 2 atom stereocenters. The molecule has 0 saturated heterocycles. The highest BCUT2D eigenvalue weighted by molar-refractivity contribution is 5.75. The first-order valence-corrected chi connectivity index (χ1v) is 9.75. The number of methoxy groups -OCH3 is 1. The van der Waals surface area contributed by atoms with Crippen LogP contribution in [0.1, 0.15) is 11.1 Å². The first kappa shape index (κ1) is 19.2. The van der Waals surface area contributed by atoms with Gasteiger partial charge in [-0.1, -0.05) is 48.6 Å². The Balaban J connectivity index is 1.61. The summed E-state index contributed by atoms with van der Waals surface area (Å²) in [6.07, 6.45) is 10.7. The number of hydrogen-bond donors (Lipinski definition) is 0. The van der Waals surface area contributed by atoms with Gasteiger partial charge in [-0.2, -0.15) is 0 Å². The van der Waals surface area contributed by atoms with Crippen LogP contribution in [-0.2, 0) is 9.53 Å². The normalized spacial score (nSPS) is 20.6. The SMILES string of the molecule is COC1C=C(/C=C/c2cccc(-c3ccc4c(c3)OCCO4)c2C)C=CC1C=O. The van der Waals surface area contributed by atoms with Gasteiger partial charge in [-0.3, -0.25) is 0 Å². The number of fused-ring (bicyclic) bond motifs is 1. The Bertz CT molecular complexity index is 1000. The van der Waals surface area contributed by atoms with Crippen molar-refractivity contribution < 1.29 is 19.0 Å². The molecule has 2 aromatic rings. The van der Waals surface area contributed by atoms with Crippen molar-refractivity contribution in [1.82, 2.24) is 0 Å². The fourth-order valence-electron chi connectivity index (χ4n) is 3.69. The smallest absolute Gasteiger partial charge is 0.161 e. The van der Waals surface area contributed by atoms with Crippen LogP contribution < -0.4 is 9.47 Å². The second kappa shape index (κ2) is 8.50. The maximum atomic E-state index is 11.1. The summed E-state index contributed by atoms with van der Waals surface area (Å²) in [5.74, 6) is 1.37. The third kappa shape index (κ3) is 4.03. The predicted octanol–water partition coefficient (Wildman–Crippen LogP) is 4.77. The van der Waals surface area contributed by atoms with Crippen molar-refractivity contribution in [3.63, 3.8) is 0 Å². The summed E-state index contributed by atoms with van der Waals surface area (Å²) in [5.41, 5.74) is 5.62. The van der Waals surface area contributed by atoms with Crippen molar-refractivity contribution in [2.45, 2.75) is 13.0 Å². The van der Waals surface area contributed by atoms with Gasteiger partial charge in [0, 0.05) is 7.11 Å². The summed E-state index contributed by atoms with van der Waals surface area (Å²) in [7, 11) is 1.62. The standard InChI is InChI=1S/C25H24O4/c1-17-19(8-6-18-7-9-21(16-26)24(14-18)27-2)4-3-5-22(17)20-10-11-23-25(15-20)29-13-12-28-23/h3-11,14-16,21,24H,12-13H2,1-2H3/b8-6+. The van der Waals surface area contributed by atoms with Crippen LogP contribution in [0.4, 0.5) is 0 Å². The monoisotopic (exact) mass is 388 g/mol. The molecule has 1 aliphatic heterocycles. The average molecular weight is 388 g/mol. The summed E-state index contributed by atoms with van der Waals surface area (Å²) in [5, 5.41) is 0. The number of aldehydes is 1. The van der Waals surface area contributed by atoms with E-state index in [1.54, 1.807) is 7.11 Å². The summed E-state index contributed by atoms with van der Waals surface area (Å²) >= 11 is 0. The average Bonchev–Trinajstić information content (AvgIpc) is 2.77. The van der Waals surface area contributed by atoms with Crippen LogP contribution in [0, 0.1) is 12.8 Å². The predicted molar refractivity (Wildman–Crippen MR) is 114 cm³/mol. The van der Waals surface area contributed by atoms with Crippen LogP contribution in [-0.4, -0.2) is 32.7 Å². The number of ether oxygens (including phenoxy) is 3. The van der Waals surface area contributed by atoms with Crippen LogP contribution in [0.2, 0.25) is 0 Å². The van der Waals surface area contributed by atoms with E-state index < -0.39 is 0 Å². The van der Waals surface area contributed by atoms with Gasteiger partial charge in [-0.15, -0.1) is 0 Å². The van der Waals surface area contributed by atoms with E-state index in [1.807, 2.05) is 30.4 Å². The van der Waals surface area contributed by atoms with E-state index in [9.17, 15) is 4.79 Å². The summed E-state index contributed by atoms with van der Waals surface area (Å²) < 4.78 is 16.8. The third-order valence-corrected chi connectivity index (χ3v) is 5.36. The van der Waals surface area contributed by atoms with E-state index in [0.717, 1.165) is 40.0 Å². The topological polar surface area (TPSA) is 44.8 Å². The number of carbonyl (C=O) groups is 1. The number of rotatable bonds is 5. The highest BCUT2D eigenvalue weighted by Crippen LogP contribution is 2.36. The Kier molecular flexibility index (Phi) is 5.63. The highest BCUT2D eigenvalue weighted by atomic mass is 16.6. The molecule has 0 amide bonds. The van der Waals surface area contributed by atoms with Crippen LogP contribution >= 0.6 is 0 Å². The minimum atomic E-state index is -0.225. The first-order valence-electron chi connectivity index (χ1n) is 9.75. The van der Waals surface area contributed by atoms with Crippen molar-refractivity contribution in [2.75, 3.05) is 20.3 Å².